The topological polar surface area (TPSA) is 34.1 Å². The van der Waals surface area contributed by atoms with E-state index in [9.17, 15) is 4.79 Å². The van der Waals surface area contributed by atoms with Crippen molar-refractivity contribution < 1.29 is 9.59 Å². The van der Waals surface area contributed by atoms with E-state index in [0.29, 0.717) is 11.7 Å². The number of hydrogen-bond donors (Lipinski definition) is 0. The normalized spacial score (nSPS) is 17.6. The number of ketones is 1. The molecule has 0 heterocycles. The summed E-state index contributed by atoms with van der Waals surface area (Å²) < 4.78 is 0. The molecule has 2 nitrogen and oxygen atoms in total. The summed E-state index contributed by atoms with van der Waals surface area (Å²) in [5.41, 5.74) is 6.60. The van der Waals surface area contributed by atoms with Gasteiger partial charge in [0.1, 0.15) is 12.1 Å². The molecule has 0 N–H and O–H groups in total. The van der Waals surface area contributed by atoms with Crippen LogP contribution in [-0.2, 0) is 35.3 Å². The highest BCUT2D eigenvalue weighted by Gasteiger charge is 2.61. The molecule has 314 valence electrons. The molecule has 2 fully saturated rings. The third-order valence-electron chi connectivity index (χ3n) is 8.75. The molecule has 0 aromatic heterocycles. The first-order valence-corrected chi connectivity index (χ1v) is 18.4. The number of rotatable bonds is 0. The van der Waals surface area contributed by atoms with Gasteiger partial charge in [0, 0.05) is 11.8 Å². The number of carbonyl (C=O) groups is 2. The average molecular weight is 735 g/mol. The van der Waals surface area contributed by atoms with Gasteiger partial charge in [-0.05, 0) is 110 Å². The number of aryl methyl sites for hydroxylation is 4. The van der Waals surface area contributed by atoms with Gasteiger partial charge >= 0.3 is 0 Å². The summed E-state index contributed by atoms with van der Waals surface area (Å²) in [6, 6.07) is 17.5. The minimum absolute atomic E-state index is 0. The lowest BCUT2D eigenvalue weighted by molar-refractivity contribution is -0.128. The Hall–Kier alpha value is -2.22. The molecule has 0 aliphatic heterocycles. The first kappa shape index (κ1) is 71.2. The van der Waals surface area contributed by atoms with E-state index in [1.807, 2.05) is 27.7 Å². The number of carbonyl (C=O) groups excluding carboxylic acids is 2. The maximum atomic E-state index is 11.6. The van der Waals surface area contributed by atoms with Gasteiger partial charge in [0.2, 0.25) is 0 Å². The molecule has 0 amide bonds. The first-order valence-electron chi connectivity index (χ1n) is 18.4. The van der Waals surface area contributed by atoms with Crippen molar-refractivity contribution in [2.75, 3.05) is 0 Å². The summed E-state index contributed by atoms with van der Waals surface area (Å²) in [4.78, 5) is 20.4. The second kappa shape index (κ2) is 40.0. The van der Waals surface area contributed by atoms with Gasteiger partial charge in [0.05, 0.1) is 0 Å². The van der Waals surface area contributed by atoms with Crippen LogP contribution >= 0.6 is 0 Å². The molecule has 6 rings (SSSR count). The summed E-state index contributed by atoms with van der Waals surface area (Å²) in [7, 11) is 0. The minimum Gasteiger partial charge on any atom is -0.304 e. The second-order valence-corrected chi connectivity index (χ2v) is 14.2. The van der Waals surface area contributed by atoms with Gasteiger partial charge in [0.25, 0.3) is 0 Å². The molecule has 2 aromatic carbocycles. The number of fused-ring (bicyclic) bond motifs is 4. The van der Waals surface area contributed by atoms with Gasteiger partial charge in [-0.3, -0.25) is 4.79 Å². The van der Waals surface area contributed by atoms with Crippen molar-refractivity contribution in [3.63, 3.8) is 0 Å². The second-order valence-electron chi connectivity index (χ2n) is 14.2. The van der Waals surface area contributed by atoms with E-state index >= 15 is 0 Å². The van der Waals surface area contributed by atoms with E-state index in [-0.39, 0.29) is 62.8 Å². The lowest BCUT2D eigenvalue weighted by Crippen LogP contribution is -2.32. The number of hydrogen-bond acceptors (Lipinski definition) is 2. The van der Waals surface area contributed by atoms with E-state index < -0.39 is 0 Å². The van der Waals surface area contributed by atoms with Gasteiger partial charge in [-0.1, -0.05) is 191 Å². The van der Waals surface area contributed by atoms with Gasteiger partial charge in [-0.2, -0.15) is 0 Å². The molecule has 0 saturated heterocycles. The largest absolute Gasteiger partial charge is 0.304 e. The van der Waals surface area contributed by atoms with Crippen molar-refractivity contribution in [1.82, 2.24) is 0 Å². The van der Waals surface area contributed by atoms with Crippen molar-refractivity contribution >= 4 is 12.1 Å². The van der Waals surface area contributed by atoms with Gasteiger partial charge in [-0.15, -0.1) is 0 Å². The molecule has 4 aliphatic rings. The van der Waals surface area contributed by atoms with Crippen LogP contribution in [0.2, 0.25) is 0 Å². The Bertz CT molecular complexity index is 973. The summed E-state index contributed by atoms with van der Waals surface area (Å²) in [6.45, 7) is 29.1. The quantitative estimate of drug-likeness (QED) is 0.253. The summed E-state index contributed by atoms with van der Waals surface area (Å²) in [5, 5.41) is 0. The number of aldehydes is 1. The molecule has 2 heteroatoms. The minimum atomic E-state index is 0. The lowest BCUT2D eigenvalue weighted by Gasteiger charge is -2.32. The molecular formula is C50H102O2. The zero-order valence-corrected chi connectivity index (χ0v) is 32.3. The van der Waals surface area contributed by atoms with Gasteiger partial charge < -0.3 is 4.79 Å². The fraction of sp³-hybridized carbons (Fsp3) is 0.720. The van der Waals surface area contributed by atoms with E-state index in [4.69, 9.17) is 4.79 Å². The van der Waals surface area contributed by atoms with Gasteiger partial charge in [0.15, 0.2) is 0 Å². The van der Waals surface area contributed by atoms with Crippen LogP contribution in [0.15, 0.2) is 48.5 Å². The standard InChI is InChI=1S/C10H16O.C10H12.C9H10.2C4H10.C2H4O.2C2H6.7CH4/c1-9(2)7-4-5-10(9,3)8(11)6-7;1-2-6-10-8-4-3-7-9(10)5-1;1-2-5-9-7-3-6-8(9)4-1;2*1-4(2)3;1-2-3;2*1-2;;;;;;;/h7H,4-6H2,1-3H3;1-2,5-6H,3-4,7-8H2;1-2,4-5H,3,6-7H2;2*4H,1-3H3;2H,1H3;2*1-2H3;7*1H4. The molecule has 2 bridgehead atoms. The molecule has 2 atom stereocenters. The number of Topliss-reactive ketones (excluding diaryl/α,β-unsaturated/α-hetero) is 1. The van der Waals surface area contributed by atoms with Crippen molar-refractivity contribution in [3.8, 4) is 0 Å². The van der Waals surface area contributed by atoms with Crippen LogP contribution < -0.4 is 0 Å². The van der Waals surface area contributed by atoms with Crippen molar-refractivity contribution in [1.29, 1.82) is 0 Å². The molecule has 0 spiro atoms. The van der Waals surface area contributed by atoms with Crippen LogP contribution in [0, 0.1) is 28.6 Å². The highest BCUT2D eigenvalue weighted by Crippen LogP contribution is 2.63. The van der Waals surface area contributed by atoms with E-state index in [2.05, 4.69) is 111 Å². The lowest BCUT2D eigenvalue weighted by atomic mass is 9.70. The van der Waals surface area contributed by atoms with Crippen molar-refractivity contribution in [2.45, 2.75) is 213 Å². The fourth-order valence-corrected chi connectivity index (χ4v) is 6.09. The summed E-state index contributed by atoms with van der Waals surface area (Å²) in [6.07, 6.45) is 13.3. The van der Waals surface area contributed by atoms with Gasteiger partial charge in [-0.25, -0.2) is 0 Å². The van der Waals surface area contributed by atoms with E-state index in [1.165, 1.54) is 58.3 Å². The summed E-state index contributed by atoms with van der Waals surface area (Å²) >= 11 is 0. The monoisotopic (exact) mass is 735 g/mol. The Balaban J connectivity index is -0.0000000610. The molecule has 4 aliphatic carbocycles. The van der Waals surface area contributed by atoms with Crippen LogP contribution in [-0.4, -0.2) is 12.1 Å². The predicted molar refractivity (Wildman–Crippen MR) is 248 cm³/mol. The van der Waals surface area contributed by atoms with E-state index in [0.717, 1.165) is 31.0 Å². The summed E-state index contributed by atoms with van der Waals surface area (Å²) in [5.74, 6) is 2.86. The van der Waals surface area contributed by atoms with Crippen LogP contribution in [0.5, 0.6) is 0 Å². The smallest absolute Gasteiger partial charge is 0.139 e. The molecule has 52 heavy (non-hydrogen) atoms. The molecular weight excluding hydrogens is 633 g/mol. The first-order chi connectivity index (χ1) is 21.3. The van der Waals surface area contributed by atoms with Crippen LogP contribution in [0.25, 0.3) is 0 Å². The highest BCUT2D eigenvalue weighted by molar-refractivity contribution is 5.89. The Morgan fingerprint density at radius 2 is 0.827 bits per heavy atom. The Labute approximate surface area is 333 Å². The van der Waals surface area contributed by atoms with Crippen LogP contribution in [0.4, 0.5) is 0 Å². The Morgan fingerprint density at radius 1 is 0.577 bits per heavy atom. The maximum Gasteiger partial charge on any atom is 0.139 e. The predicted octanol–water partition coefficient (Wildman–Crippen LogP) is 17.2. The highest BCUT2D eigenvalue weighted by atomic mass is 16.1. The van der Waals surface area contributed by atoms with E-state index in [1.54, 1.807) is 22.3 Å². The van der Waals surface area contributed by atoms with Crippen molar-refractivity contribution in [2.24, 2.45) is 28.6 Å². The van der Waals surface area contributed by atoms with Crippen LogP contribution in [0.3, 0.4) is 0 Å². The third kappa shape index (κ3) is 25.7. The Kier molecular flexibility index (Phi) is 54.8. The van der Waals surface area contributed by atoms with Crippen LogP contribution in [0.1, 0.15) is 210 Å². The average Bonchev–Trinajstić information content (AvgIpc) is 3.63. The molecule has 2 saturated carbocycles. The zero-order chi connectivity index (χ0) is 35.1. The Morgan fingerprint density at radius 3 is 1.00 bits per heavy atom. The maximum absolute atomic E-state index is 11.6. The molecule has 2 unspecified atom stereocenters. The zero-order valence-electron chi connectivity index (χ0n) is 32.3. The van der Waals surface area contributed by atoms with Crippen molar-refractivity contribution in [3.05, 3.63) is 70.8 Å². The third-order valence-corrected chi connectivity index (χ3v) is 8.75. The molecule has 0 radical (unpaired) electrons. The SMILES string of the molecule is C.C.C.C.C.C.C.CC.CC.CC(C)C.CC(C)C.CC12CCC(CC1=O)C2(C)C.CC=O.c1ccc2c(c1)CCC2.c1ccc2c(c1)CCCC2. The number of benzene rings is 2. The fourth-order valence-electron chi connectivity index (χ4n) is 6.09. The molecule has 2 aromatic rings.